The van der Waals surface area contributed by atoms with E-state index in [2.05, 4.69) is 0 Å². The van der Waals surface area contributed by atoms with E-state index in [4.69, 9.17) is 21.5 Å². The van der Waals surface area contributed by atoms with Crippen LogP contribution in [-0.4, -0.2) is 31.3 Å². The molecular weight excluding hydrogens is 229 g/mol. The number of carbonyl (C=O) groups is 1. The van der Waals surface area contributed by atoms with Gasteiger partial charge in [0.15, 0.2) is 0 Å². The normalized spacial score (nSPS) is 13.2. The van der Waals surface area contributed by atoms with Gasteiger partial charge in [0, 0.05) is 10.7 Å². The average Bonchev–Trinajstić information content (AvgIpc) is 1.80. The summed E-state index contributed by atoms with van der Waals surface area (Å²) in [5, 5.41) is 8.22. The molecule has 8 heteroatoms. The number of carboxylic acids is 1. The van der Waals surface area contributed by atoms with Crippen LogP contribution in [0.25, 0.3) is 0 Å². The fraction of sp³-hybridized carbons (Fsp3) is 0.750. The van der Waals surface area contributed by atoms with Crippen LogP contribution in [0.1, 0.15) is 6.42 Å². The molecular formula is C4H9Cl2NO4S. The van der Waals surface area contributed by atoms with Crippen LogP contribution >= 0.6 is 23.1 Å². The molecule has 0 aromatic heterocycles. The Morgan fingerprint density at radius 1 is 1.58 bits per heavy atom. The van der Waals surface area contributed by atoms with Gasteiger partial charge in [0.1, 0.15) is 6.04 Å². The highest BCUT2D eigenvalue weighted by Crippen LogP contribution is 2.00. The number of aliphatic carboxylic acids is 1. The molecule has 0 aromatic rings. The second kappa shape index (κ2) is 5.58. The van der Waals surface area contributed by atoms with E-state index in [-0.39, 0.29) is 18.8 Å². The Hall–Kier alpha value is -0.0400. The van der Waals surface area contributed by atoms with Gasteiger partial charge < -0.3 is 10.8 Å². The van der Waals surface area contributed by atoms with E-state index in [0.29, 0.717) is 0 Å². The summed E-state index contributed by atoms with van der Waals surface area (Å²) in [6, 6.07) is -1.16. The van der Waals surface area contributed by atoms with Crippen LogP contribution in [0.4, 0.5) is 0 Å². The second-order valence-electron chi connectivity index (χ2n) is 1.98. The minimum atomic E-state index is -3.62. The first-order valence-corrected chi connectivity index (χ1v) is 5.21. The number of hydrogen-bond donors (Lipinski definition) is 2. The number of halogens is 2. The fourth-order valence-corrected chi connectivity index (χ4v) is 1.19. The van der Waals surface area contributed by atoms with Crippen LogP contribution < -0.4 is 5.73 Å². The molecule has 0 rings (SSSR count). The monoisotopic (exact) mass is 237 g/mol. The predicted molar refractivity (Wildman–Crippen MR) is 47.1 cm³/mol. The fourth-order valence-electron chi connectivity index (χ4n) is 0.391. The highest BCUT2D eigenvalue weighted by Gasteiger charge is 2.15. The van der Waals surface area contributed by atoms with Gasteiger partial charge in [-0.3, -0.25) is 4.79 Å². The Kier molecular flexibility index (Phi) is 6.73. The zero-order valence-corrected chi connectivity index (χ0v) is 8.32. The lowest BCUT2D eigenvalue weighted by Crippen LogP contribution is -2.31. The van der Waals surface area contributed by atoms with E-state index >= 15 is 0 Å². The van der Waals surface area contributed by atoms with Gasteiger partial charge >= 0.3 is 5.97 Å². The second-order valence-corrected chi connectivity index (χ2v) is 4.87. The molecule has 0 radical (unpaired) electrons. The van der Waals surface area contributed by atoms with Crippen LogP contribution in [0.15, 0.2) is 0 Å². The molecule has 0 heterocycles. The first-order chi connectivity index (χ1) is 4.83. The van der Waals surface area contributed by atoms with Crippen molar-refractivity contribution in [2.45, 2.75) is 12.5 Å². The maximum atomic E-state index is 10.3. The van der Waals surface area contributed by atoms with E-state index in [1.54, 1.807) is 0 Å². The van der Waals surface area contributed by atoms with Gasteiger partial charge in [-0.2, -0.15) is 0 Å². The third-order valence-corrected chi connectivity index (χ3v) is 2.18. The largest absolute Gasteiger partial charge is 0.480 e. The van der Waals surface area contributed by atoms with Crippen molar-refractivity contribution in [2.24, 2.45) is 5.73 Å². The zero-order chi connectivity index (χ0) is 9.07. The van der Waals surface area contributed by atoms with Crippen LogP contribution in [-0.2, 0) is 13.8 Å². The molecule has 0 aromatic carbocycles. The van der Waals surface area contributed by atoms with E-state index < -0.39 is 26.8 Å². The summed E-state index contributed by atoms with van der Waals surface area (Å²) in [6.45, 7) is 0. The summed E-state index contributed by atoms with van der Waals surface area (Å²) in [5.74, 6) is -1.65. The molecule has 0 aliphatic carbocycles. The third kappa shape index (κ3) is 8.06. The lowest BCUT2D eigenvalue weighted by Gasteiger charge is -2.02. The van der Waals surface area contributed by atoms with Gasteiger partial charge in [0.25, 0.3) is 0 Å². The molecule has 5 nitrogen and oxygen atoms in total. The SMILES string of the molecule is Cl.N[C@@H](CCS(=O)(=O)Cl)C(=O)O. The van der Waals surface area contributed by atoms with Crippen molar-refractivity contribution < 1.29 is 18.3 Å². The van der Waals surface area contributed by atoms with Gasteiger partial charge in [-0.25, -0.2) is 8.42 Å². The first kappa shape index (κ1) is 14.5. The minimum Gasteiger partial charge on any atom is -0.480 e. The van der Waals surface area contributed by atoms with Crippen molar-refractivity contribution in [3.8, 4) is 0 Å². The Labute approximate surface area is 80.7 Å². The Morgan fingerprint density at radius 2 is 2.00 bits per heavy atom. The van der Waals surface area contributed by atoms with Crippen molar-refractivity contribution in [3.63, 3.8) is 0 Å². The Morgan fingerprint density at radius 3 is 2.25 bits per heavy atom. The molecule has 0 fully saturated rings. The minimum absolute atomic E-state index is 0. The number of rotatable bonds is 4. The molecule has 0 aliphatic rings. The summed E-state index contributed by atoms with van der Waals surface area (Å²) in [7, 11) is 1.18. The van der Waals surface area contributed by atoms with Crippen LogP contribution in [0, 0.1) is 0 Å². The molecule has 0 unspecified atom stereocenters. The summed E-state index contributed by atoms with van der Waals surface area (Å²) in [5.41, 5.74) is 5.00. The number of hydrogen-bond acceptors (Lipinski definition) is 4. The molecule has 0 aliphatic heterocycles. The predicted octanol–water partition coefficient (Wildman–Crippen LogP) is -0.221. The molecule has 0 bridgehead atoms. The summed E-state index contributed by atoms with van der Waals surface area (Å²) < 4.78 is 20.6. The van der Waals surface area contributed by atoms with Crippen molar-refractivity contribution >= 4 is 38.1 Å². The maximum Gasteiger partial charge on any atom is 0.320 e. The molecule has 3 N–H and O–H groups in total. The highest BCUT2D eigenvalue weighted by molar-refractivity contribution is 8.13. The van der Waals surface area contributed by atoms with E-state index in [1.165, 1.54) is 0 Å². The molecule has 0 saturated carbocycles. The summed E-state index contributed by atoms with van der Waals surface area (Å²) in [4.78, 5) is 10.1. The molecule has 0 spiro atoms. The van der Waals surface area contributed by atoms with Gasteiger partial charge in [-0.1, -0.05) is 0 Å². The van der Waals surface area contributed by atoms with E-state index in [0.717, 1.165) is 0 Å². The highest BCUT2D eigenvalue weighted by atomic mass is 35.7. The third-order valence-electron chi connectivity index (χ3n) is 0.990. The van der Waals surface area contributed by atoms with Gasteiger partial charge in [0.2, 0.25) is 9.05 Å². The van der Waals surface area contributed by atoms with Crippen molar-refractivity contribution in [3.05, 3.63) is 0 Å². The van der Waals surface area contributed by atoms with Crippen molar-refractivity contribution in [2.75, 3.05) is 5.75 Å². The van der Waals surface area contributed by atoms with Gasteiger partial charge in [-0.15, -0.1) is 12.4 Å². The smallest absolute Gasteiger partial charge is 0.320 e. The molecule has 0 saturated heterocycles. The van der Waals surface area contributed by atoms with E-state index in [1.807, 2.05) is 0 Å². The number of nitrogens with two attached hydrogens (primary N) is 1. The molecule has 0 amide bonds. The van der Waals surface area contributed by atoms with Crippen molar-refractivity contribution in [1.29, 1.82) is 0 Å². The molecule has 1 atom stereocenters. The quantitative estimate of drug-likeness (QED) is 0.660. The maximum absolute atomic E-state index is 10.3. The lowest BCUT2D eigenvalue weighted by atomic mass is 10.2. The van der Waals surface area contributed by atoms with Crippen LogP contribution in [0.2, 0.25) is 0 Å². The zero-order valence-electron chi connectivity index (χ0n) is 5.94. The summed E-state index contributed by atoms with van der Waals surface area (Å²) >= 11 is 0. The average molecular weight is 238 g/mol. The standard InChI is InChI=1S/C4H8ClNO4S.ClH/c5-11(9,10)2-1-3(6)4(7)8;/h3H,1-2,6H2,(H,7,8);1H/t3-;/m0./s1. The van der Waals surface area contributed by atoms with Gasteiger partial charge in [-0.05, 0) is 6.42 Å². The Balaban J connectivity index is 0. The number of carboxylic acid groups (broad SMARTS) is 1. The van der Waals surface area contributed by atoms with Crippen LogP contribution in [0.5, 0.6) is 0 Å². The summed E-state index contributed by atoms with van der Waals surface area (Å²) in [6.07, 6.45) is -0.166. The first-order valence-electron chi connectivity index (χ1n) is 2.73. The molecule has 12 heavy (non-hydrogen) atoms. The lowest BCUT2D eigenvalue weighted by molar-refractivity contribution is -0.138. The Bertz CT molecular complexity index is 239. The van der Waals surface area contributed by atoms with Crippen LogP contribution in [0.3, 0.4) is 0 Å². The van der Waals surface area contributed by atoms with Gasteiger partial charge in [0.05, 0.1) is 5.75 Å². The van der Waals surface area contributed by atoms with Crippen molar-refractivity contribution in [1.82, 2.24) is 0 Å². The van der Waals surface area contributed by atoms with E-state index in [9.17, 15) is 13.2 Å². The molecule has 74 valence electrons. The topological polar surface area (TPSA) is 97.5 Å².